The Morgan fingerprint density at radius 3 is 2.28 bits per heavy atom. The molecule has 4 nitrogen and oxygen atoms in total. The highest BCUT2D eigenvalue weighted by molar-refractivity contribution is 7.92. The fourth-order valence-corrected chi connectivity index (χ4v) is 3.88. The number of halogens is 4. The van der Waals surface area contributed by atoms with Gasteiger partial charge in [0.1, 0.15) is 5.75 Å². The van der Waals surface area contributed by atoms with Crippen molar-refractivity contribution in [2.45, 2.75) is 24.9 Å². The van der Waals surface area contributed by atoms with Crippen LogP contribution in [0.5, 0.6) is 5.75 Å². The molecule has 9 heteroatoms. The van der Waals surface area contributed by atoms with Gasteiger partial charge >= 0.3 is 6.18 Å². The van der Waals surface area contributed by atoms with Crippen LogP contribution in [0, 0.1) is 13.8 Å². The zero-order valence-electron chi connectivity index (χ0n) is 13.5. The number of methoxy groups -OCH3 is 1. The quantitative estimate of drug-likeness (QED) is 0.812. The maximum absolute atomic E-state index is 12.9. The molecule has 0 spiro atoms. The molecule has 2 aromatic rings. The summed E-state index contributed by atoms with van der Waals surface area (Å²) < 4.78 is 71.1. The molecule has 0 bridgehead atoms. The number of hydrogen-bond acceptors (Lipinski definition) is 3. The van der Waals surface area contributed by atoms with Crippen molar-refractivity contribution in [1.82, 2.24) is 0 Å². The third kappa shape index (κ3) is 4.19. The Labute approximate surface area is 148 Å². The molecule has 0 amide bonds. The third-order valence-corrected chi connectivity index (χ3v) is 5.36. The van der Waals surface area contributed by atoms with E-state index in [1.165, 1.54) is 19.2 Å². The summed E-state index contributed by atoms with van der Waals surface area (Å²) in [7, 11) is -2.62. The topological polar surface area (TPSA) is 55.4 Å². The summed E-state index contributed by atoms with van der Waals surface area (Å²) >= 11 is 5.54. The van der Waals surface area contributed by atoms with Gasteiger partial charge in [-0.05, 0) is 55.3 Å². The highest BCUT2D eigenvalue weighted by atomic mass is 35.5. The van der Waals surface area contributed by atoms with Crippen LogP contribution in [0.2, 0.25) is 5.02 Å². The molecule has 25 heavy (non-hydrogen) atoms. The third-order valence-electron chi connectivity index (χ3n) is 3.51. The van der Waals surface area contributed by atoms with Crippen LogP contribution in [0.25, 0.3) is 0 Å². The van der Waals surface area contributed by atoms with E-state index in [1.807, 2.05) is 0 Å². The van der Waals surface area contributed by atoms with Gasteiger partial charge in [-0.25, -0.2) is 8.42 Å². The van der Waals surface area contributed by atoms with Gasteiger partial charge < -0.3 is 4.74 Å². The number of anilines is 1. The Kier molecular flexibility index (Phi) is 5.24. The van der Waals surface area contributed by atoms with Crippen molar-refractivity contribution in [1.29, 1.82) is 0 Å². The minimum atomic E-state index is -4.69. The first-order valence-electron chi connectivity index (χ1n) is 7.00. The maximum Gasteiger partial charge on any atom is 0.417 e. The summed E-state index contributed by atoms with van der Waals surface area (Å²) in [5.41, 5.74) is -0.359. The highest BCUT2D eigenvalue weighted by Crippen LogP contribution is 2.36. The average molecular weight is 394 g/mol. The first kappa shape index (κ1) is 19.4. The van der Waals surface area contributed by atoms with Crippen LogP contribution in [-0.4, -0.2) is 15.5 Å². The number of ether oxygens (including phenoxy) is 1. The van der Waals surface area contributed by atoms with Crippen molar-refractivity contribution in [3.63, 3.8) is 0 Å². The van der Waals surface area contributed by atoms with Gasteiger partial charge in [-0.2, -0.15) is 13.2 Å². The predicted octanol–water partition coefficient (Wildman–Crippen LogP) is 4.79. The molecule has 0 saturated carbocycles. The summed E-state index contributed by atoms with van der Waals surface area (Å²) in [5, 5.41) is -0.507. The second kappa shape index (κ2) is 6.76. The number of benzene rings is 2. The largest absolute Gasteiger partial charge is 0.496 e. The van der Waals surface area contributed by atoms with Crippen molar-refractivity contribution in [3.8, 4) is 5.75 Å². The monoisotopic (exact) mass is 393 g/mol. The molecular formula is C16H15ClF3NO3S. The van der Waals surface area contributed by atoms with E-state index >= 15 is 0 Å². The minimum absolute atomic E-state index is 0.0469. The Hall–Kier alpha value is -1.93. The number of hydrogen-bond donors (Lipinski definition) is 1. The van der Waals surface area contributed by atoms with Crippen molar-refractivity contribution in [3.05, 3.63) is 52.0 Å². The lowest BCUT2D eigenvalue weighted by Crippen LogP contribution is -2.15. The van der Waals surface area contributed by atoms with Crippen LogP contribution in [0.1, 0.15) is 16.7 Å². The summed E-state index contributed by atoms with van der Waals surface area (Å²) in [6.45, 7) is 3.24. The number of aryl methyl sites for hydroxylation is 2. The second-order valence-corrected chi connectivity index (χ2v) is 7.44. The molecule has 0 aromatic heterocycles. The van der Waals surface area contributed by atoms with Crippen LogP contribution in [-0.2, 0) is 16.2 Å². The van der Waals surface area contributed by atoms with Gasteiger partial charge in [0.25, 0.3) is 10.0 Å². The number of nitrogens with one attached hydrogen (secondary N) is 1. The molecule has 0 aliphatic carbocycles. The van der Waals surface area contributed by atoms with E-state index in [2.05, 4.69) is 4.72 Å². The molecule has 0 aliphatic rings. The lowest BCUT2D eigenvalue weighted by Gasteiger charge is -2.15. The number of sulfonamides is 1. The van der Waals surface area contributed by atoms with Gasteiger partial charge in [-0.15, -0.1) is 0 Å². The van der Waals surface area contributed by atoms with Crippen molar-refractivity contribution < 1.29 is 26.3 Å². The smallest absolute Gasteiger partial charge is 0.417 e. The molecule has 0 radical (unpaired) electrons. The molecule has 0 fully saturated rings. The number of alkyl halides is 3. The van der Waals surface area contributed by atoms with E-state index in [1.54, 1.807) is 19.9 Å². The summed E-state index contributed by atoms with van der Waals surface area (Å²) in [6.07, 6.45) is -4.69. The van der Waals surface area contributed by atoms with Gasteiger partial charge in [-0.3, -0.25) is 4.72 Å². The Morgan fingerprint density at radius 2 is 1.72 bits per heavy atom. The predicted molar refractivity (Wildman–Crippen MR) is 89.7 cm³/mol. The van der Waals surface area contributed by atoms with Crippen molar-refractivity contribution >= 4 is 27.3 Å². The Morgan fingerprint density at radius 1 is 1.08 bits per heavy atom. The van der Waals surface area contributed by atoms with Crippen LogP contribution >= 0.6 is 11.6 Å². The normalized spacial score (nSPS) is 12.1. The van der Waals surface area contributed by atoms with E-state index in [-0.39, 0.29) is 10.6 Å². The zero-order valence-corrected chi connectivity index (χ0v) is 15.1. The van der Waals surface area contributed by atoms with E-state index in [9.17, 15) is 21.6 Å². The van der Waals surface area contributed by atoms with Crippen LogP contribution in [0.15, 0.2) is 35.2 Å². The van der Waals surface area contributed by atoms with Gasteiger partial charge in [0.2, 0.25) is 0 Å². The van der Waals surface area contributed by atoms with Crippen LogP contribution in [0.4, 0.5) is 18.9 Å². The van der Waals surface area contributed by atoms with Crippen molar-refractivity contribution in [2.75, 3.05) is 11.8 Å². The number of rotatable bonds is 4. The fourth-order valence-electron chi connectivity index (χ4n) is 2.29. The first-order chi connectivity index (χ1) is 11.5. The molecule has 2 rings (SSSR count). The van der Waals surface area contributed by atoms with Gasteiger partial charge in [0, 0.05) is 5.69 Å². The molecule has 0 saturated heterocycles. The lowest BCUT2D eigenvalue weighted by molar-refractivity contribution is -0.137. The van der Waals surface area contributed by atoms with Crippen LogP contribution in [0.3, 0.4) is 0 Å². The molecule has 136 valence electrons. The molecule has 0 heterocycles. The molecule has 2 aromatic carbocycles. The van der Waals surface area contributed by atoms with E-state index in [0.717, 1.165) is 6.07 Å². The molecule has 0 unspecified atom stereocenters. The highest BCUT2D eigenvalue weighted by Gasteiger charge is 2.33. The average Bonchev–Trinajstić information content (AvgIpc) is 2.49. The fraction of sp³-hybridized carbons (Fsp3) is 0.250. The standard InChI is InChI=1S/C16H15ClF3NO3S/c1-9-7-15(10(2)6-14(9)24-3)25(22,23)21-11-4-5-13(17)12(8-11)16(18,19)20/h4-8,21H,1-3H3. The van der Waals surface area contributed by atoms with Gasteiger partial charge in [0.05, 0.1) is 22.6 Å². The Bertz CT molecular complexity index is 912. The Balaban J connectivity index is 2.45. The van der Waals surface area contributed by atoms with E-state index in [4.69, 9.17) is 16.3 Å². The van der Waals surface area contributed by atoms with E-state index in [0.29, 0.717) is 22.9 Å². The van der Waals surface area contributed by atoms with E-state index < -0.39 is 26.8 Å². The summed E-state index contributed by atoms with van der Waals surface area (Å²) in [5.74, 6) is 0.516. The summed E-state index contributed by atoms with van der Waals surface area (Å²) in [4.78, 5) is -0.0469. The maximum atomic E-state index is 12.9. The molecule has 1 N–H and O–H groups in total. The summed E-state index contributed by atoms with van der Waals surface area (Å²) in [6, 6.07) is 5.77. The van der Waals surface area contributed by atoms with Crippen molar-refractivity contribution in [2.24, 2.45) is 0 Å². The molecular weight excluding hydrogens is 379 g/mol. The zero-order chi connectivity index (χ0) is 19.0. The SMILES string of the molecule is COc1cc(C)c(S(=O)(=O)Nc2ccc(Cl)c(C(F)(F)F)c2)cc1C. The molecule has 0 atom stereocenters. The second-order valence-electron chi connectivity index (χ2n) is 5.39. The molecule has 0 aliphatic heterocycles. The minimum Gasteiger partial charge on any atom is -0.496 e. The lowest BCUT2D eigenvalue weighted by atomic mass is 10.1. The van der Waals surface area contributed by atoms with Gasteiger partial charge in [0.15, 0.2) is 0 Å². The van der Waals surface area contributed by atoms with Gasteiger partial charge in [-0.1, -0.05) is 11.6 Å². The van der Waals surface area contributed by atoms with Crippen LogP contribution < -0.4 is 9.46 Å². The first-order valence-corrected chi connectivity index (χ1v) is 8.86.